The molecule has 4 heteroatoms. The van der Waals surface area contributed by atoms with Gasteiger partial charge in [0.05, 0.1) is 5.56 Å². The fourth-order valence-corrected chi connectivity index (χ4v) is 2.07. The zero-order valence-electron chi connectivity index (χ0n) is 10.9. The Morgan fingerprint density at radius 1 is 1.44 bits per heavy atom. The van der Waals surface area contributed by atoms with Gasteiger partial charge in [0.1, 0.15) is 5.75 Å². The molecule has 1 aromatic rings. The number of likely N-dealkylation sites (tertiary alicyclic amines) is 1. The zero-order valence-corrected chi connectivity index (χ0v) is 10.9. The van der Waals surface area contributed by atoms with Crippen LogP contribution in [0.2, 0.25) is 0 Å². The van der Waals surface area contributed by atoms with Crippen molar-refractivity contribution in [3.63, 3.8) is 0 Å². The molecular formula is C14H17NO3. The van der Waals surface area contributed by atoms with Gasteiger partial charge in [-0.1, -0.05) is 11.6 Å². The van der Waals surface area contributed by atoms with Crippen LogP contribution in [0.5, 0.6) is 5.75 Å². The third kappa shape index (κ3) is 2.37. The summed E-state index contributed by atoms with van der Waals surface area (Å²) in [6, 6.07) is 5.43. The Labute approximate surface area is 107 Å². The van der Waals surface area contributed by atoms with Crippen LogP contribution in [-0.4, -0.2) is 36.3 Å². The summed E-state index contributed by atoms with van der Waals surface area (Å²) in [7, 11) is 1.76. The summed E-state index contributed by atoms with van der Waals surface area (Å²) in [5, 5.41) is 0. The molecule has 0 N–H and O–H groups in total. The van der Waals surface area contributed by atoms with Crippen molar-refractivity contribution in [1.82, 2.24) is 4.90 Å². The predicted molar refractivity (Wildman–Crippen MR) is 67.9 cm³/mol. The third-order valence-corrected chi connectivity index (χ3v) is 3.16. The molecule has 1 aliphatic heterocycles. The van der Waals surface area contributed by atoms with E-state index in [2.05, 4.69) is 0 Å². The molecular weight excluding hydrogens is 230 g/mol. The molecule has 1 atom stereocenters. The van der Waals surface area contributed by atoms with Gasteiger partial charge in [0.15, 0.2) is 11.9 Å². The summed E-state index contributed by atoms with van der Waals surface area (Å²) in [5.74, 6) is 0.430. The van der Waals surface area contributed by atoms with Gasteiger partial charge < -0.3 is 9.64 Å². The molecule has 4 nitrogen and oxygen atoms in total. The lowest BCUT2D eigenvalue weighted by Gasteiger charge is -2.15. The maximum absolute atomic E-state index is 11.8. The van der Waals surface area contributed by atoms with Gasteiger partial charge in [-0.2, -0.15) is 0 Å². The van der Waals surface area contributed by atoms with Gasteiger partial charge in [-0.25, -0.2) is 0 Å². The van der Waals surface area contributed by atoms with Crippen LogP contribution < -0.4 is 4.74 Å². The van der Waals surface area contributed by atoms with Gasteiger partial charge in [-0.15, -0.1) is 0 Å². The minimum absolute atomic E-state index is 0.0231. The predicted octanol–water partition coefficient (Wildman–Crippen LogP) is 1.81. The van der Waals surface area contributed by atoms with E-state index < -0.39 is 6.10 Å². The Hall–Kier alpha value is -1.84. The minimum atomic E-state index is -0.462. The molecule has 0 radical (unpaired) electrons. The molecule has 0 aromatic heterocycles. The normalized spacial score (nSPS) is 19.2. The van der Waals surface area contributed by atoms with Crippen molar-refractivity contribution in [1.29, 1.82) is 0 Å². The lowest BCUT2D eigenvalue weighted by atomic mass is 10.1. The molecule has 18 heavy (non-hydrogen) atoms. The number of benzene rings is 1. The molecule has 96 valence electrons. The van der Waals surface area contributed by atoms with E-state index in [0.29, 0.717) is 24.3 Å². The van der Waals surface area contributed by atoms with E-state index in [0.717, 1.165) is 5.56 Å². The van der Waals surface area contributed by atoms with Crippen LogP contribution in [0.3, 0.4) is 0 Å². The van der Waals surface area contributed by atoms with E-state index in [9.17, 15) is 9.59 Å². The van der Waals surface area contributed by atoms with E-state index in [4.69, 9.17) is 4.74 Å². The maximum atomic E-state index is 11.8. The molecule has 0 spiro atoms. The van der Waals surface area contributed by atoms with E-state index >= 15 is 0 Å². The molecule has 0 bridgehead atoms. The monoisotopic (exact) mass is 247 g/mol. The molecule has 0 aliphatic carbocycles. The summed E-state index contributed by atoms with van der Waals surface area (Å²) >= 11 is 0. The molecule has 1 aliphatic rings. The maximum Gasteiger partial charge on any atom is 0.263 e. The summed E-state index contributed by atoms with van der Waals surface area (Å²) < 4.78 is 5.69. The van der Waals surface area contributed by atoms with Crippen molar-refractivity contribution in [3.05, 3.63) is 29.3 Å². The van der Waals surface area contributed by atoms with Crippen LogP contribution in [0.1, 0.15) is 29.3 Å². The Balaban J connectivity index is 2.24. The first-order chi connectivity index (χ1) is 8.49. The topological polar surface area (TPSA) is 46.6 Å². The number of amides is 1. The standard InChI is InChI=1S/C14H17NO3/c1-9-4-5-12(11(8-9)10(2)16)18-13-6-7-15(3)14(13)17/h4-5,8,13H,6-7H2,1-3H3. The van der Waals surface area contributed by atoms with Crippen LogP contribution in [0.15, 0.2) is 18.2 Å². The number of ether oxygens (including phenoxy) is 1. The highest BCUT2D eigenvalue weighted by molar-refractivity contribution is 5.97. The van der Waals surface area contributed by atoms with Gasteiger partial charge in [0.25, 0.3) is 5.91 Å². The fourth-order valence-electron chi connectivity index (χ4n) is 2.07. The van der Waals surface area contributed by atoms with Crippen LogP contribution in [0.4, 0.5) is 0 Å². The van der Waals surface area contributed by atoms with Gasteiger partial charge in [-0.05, 0) is 26.0 Å². The molecule has 1 amide bonds. The van der Waals surface area contributed by atoms with Crippen LogP contribution >= 0.6 is 0 Å². The number of hydrogen-bond donors (Lipinski definition) is 0. The number of ketones is 1. The second kappa shape index (κ2) is 4.80. The zero-order chi connectivity index (χ0) is 13.3. The van der Waals surface area contributed by atoms with E-state index in [1.165, 1.54) is 6.92 Å². The molecule has 1 aromatic carbocycles. The smallest absolute Gasteiger partial charge is 0.263 e. The third-order valence-electron chi connectivity index (χ3n) is 3.16. The number of nitrogens with zero attached hydrogens (tertiary/aromatic N) is 1. The number of rotatable bonds is 3. The lowest BCUT2D eigenvalue weighted by Crippen LogP contribution is -2.29. The number of hydrogen-bond acceptors (Lipinski definition) is 3. The molecule has 1 unspecified atom stereocenters. The molecule has 2 rings (SSSR count). The van der Waals surface area contributed by atoms with E-state index in [1.54, 1.807) is 24.1 Å². The lowest BCUT2D eigenvalue weighted by molar-refractivity contribution is -0.132. The highest BCUT2D eigenvalue weighted by Crippen LogP contribution is 2.24. The number of Topliss-reactive ketones (excluding diaryl/α,β-unsaturated/α-hetero) is 1. The SMILES string of the molecule is CC(=O)c1cc(C)ccc1OC1CCN(C)C1=O. The number of carbonyl (C=O) groups excluding carboxylic acids is 2. The average Bonchev–Trinajstić information content (AvgIpc) is 2.63. The largest absolute Gasteiger partial charge is 0.480 e. The van der Waals surface area contributed by atoms with E-state index in [1.807, 2.05) is 13.0 Å². The van der Waals surface area contributed by atoms with Gasteiger partial charge in [0, 0.05) is 20.0 Å². The van der Waals surface area contributed by atoms with Gasteiger partial charge in [0.2, 0.25) is 0 Å². The van der Waals surface area contributed by atoms with Crippen molar-refractivity contribution in [2.75, 3.05) is 13.6 Å². The summed E-state index contributed by atoms with van der Waals surface area (Å²) in [6.07, 6.45) is 0.205. The minimum Gasteiger partial charge on any atom is -0.480 e. The highest BCUT2D eigenvalue weighted by Gasteiger charge is 2.31. The Morgan fingerprint density at radius 3 is 2.72 bits per heavy atom. The Bertz CT molecular complexity index is 496. The van der Waals surface area contributed by atoms with Crippen molar-refractivity contribution in [2.24, 2.45) is 0 Å². The van der Waals surface area contributed by atoms with E-state index in [-0.39, 0.29) is 11.7 Å². The number of likely N-dealkylation sites (N-methyl/N-ethyl adjacent to an activating group) is 1. The summed E-state index contributed by atoms with van der Waals surface area (Å²) in [6.45, 7) is 4.12. The average molecular weight is 247 g/mol. The quantitative estimate of drug-likeness (QED) is 0.765. The first-order valence-electron chi connectivity index (χ1n) is 6.02. The fraction of sp³-hybridized carbons (Fsp3) is 0.429. The summed E-state index contributed by atoms with van der Waals surface area (Å²) in [4.78, 5) is 25.0. The second-order valence-corrected chi connectivity index (χ2v) is 4.71. The molecule has 1 fully saturated rings. The number of carbonyl (C=O) groups is 2. The first-order valence-corrected chi connectivity index (χ1v) is 6.02. The second-order valence-electron chi connectivity index (χ2n) is 4.71. The molecule has 1 saturated heterocycles. The van der Waals surface area contributed by atoms with Gasteiger partial charge >= 0.3 is 0 Å². The highest BCUT2D eigenvalue weighted by atomic mass is 16.5. The summed E-state index contributed by atoms with van der Waals surface area (Å²) in [5.41, 5.74) is 1.54. The van der Waals surface area contributed by atoms with Crippen molar-refractivity contribution in [3.8, 4) is 5.75 Å². The van der Waals surface area contributed by atoms with Crippen molar-refractivity contribution < 1.29 is 14.3 Å². The van der Waals surface area contributed by atoms with Crippen molar-refractivity contribution in [2.45, 2.75) is 26.4 Å². The van der Waals surface area contributed by atoms with Gasteiger partial charge in [-0.3, -0.25) is 9.59 Å². The molecule has 1 heterocycles. The molecule has 0 saturated carbocycles. The Kier molecular flexibility index (Phi) is 3.36. The van der Waals surface area contributed by atoms with Crippen LogP contribution in [0, 0.1) is 6.92 Å². The van der Waals surface area contributed by atoms with Crippen LogP contribution in [0.25, 0.3) is 0 Å². The first kappa shape index (κ1) is 12.6. The Morgan fingerprint density at radius 2 is 2.17 bits per heavy atom. The number of aryl methyl sites for hydroxylation is 1. The van der Waals surface area contributed by atoms with Crippen LogP contribution in [-0.2, 0) is 4.79 Å². The van der Waals surface area contributed by atoms with Crippen molar-refractivity contribution >= 4 is 11.7 Å².